The number of rotatable bonds is 8. The summed E-state index contributed by atoms with van der Waals surface area (Å²) in [6, 6.07) is 24.9. The van der Waals surface area contributed by atoms with Crippen LogP contribution in [0.3, 0.4) is 0 Å². The fourth-order valence-electron chi connectivity index (χ4n) is 3.23. The molecule has 31 heavy (non-hydrogen) atoms. The van der Waals surface area contributed by atoms with E-state index in [0.29, 0.717) is 18.9 Å². The van der Waals surface area contributed by atoms with Crippen molar-refractivity contribution in [3.8, 4) is 0 Å². The molecular weight excluding hydrogens is 392 g/mol. The molecule has 0 atom stereocenters. The summed E-state index contributed by atoms with van der Waals surface area (Å²) in [5, 5.41) is 15.0. The second-order valence-corrected chi connectivity index (χ2v) is 6.82. The molecule has 0 spiro atoms. The van der Waals surface area contributed by atoms with Crippen molar-refractivity contribution < 1.29 is 4.92 Å². The van der Waals surface area contributed by atoms with E-state index in [9.17, 15) is 10.1 Å². The van der Waals surface area contributed by atoms with Crippen LogP contribution in [-0.2, 0) is 13.1 Å². The Morgan fingerprint density at radius 2 is 1.42 bits per heavy atom. The summed E-state index contributed by atoms with van der Waals surface area (Å²) in [7, 11) is 0. The molecule has 2 aromatic heterocycles. The lowest BCUT2D eigenvalue weighted by Crippen LogP contribution is -2.24. The van der Waals surface area contributed by atoms with Gasteiger partial charge in [-0.25, -0.2) is 15.0 Å². The van der Waals surface area contributed by atoms with Crippen molar-refractivity contribution in [2.24, 2.45) is 0 Å². The number of pyridine rings is 1. The third-order valence-electron chi connectivity index (χ3n) is 4.63. The number of aromatic nitrogens is 3. The molecule has 0 radical (unpaired) electrons. The SMILES string of the molecule is O=[N+]([O-])c1c(Nc2ccccn2)ncnc1N(Cc1ccccc1)Cc1ccccc1. The van der Waals surface area contributed by atoms with E-state index in [0.717, 1.165) is 11.1 Å². The molecule has 8 heteroatoms. The maximum atomic E-state index is 12.1. The summed E-state index contributed by atoms with van der Waals surface area (Å²) in [4.78, 5) is 26.1. The zero-order valence-corrected chi connectivity index (χ0v) is 16.6. The first-order valence-electron chi connectivity index (χ1n) is 9.71. The molecule has 0 unspecified atom stereocenters. The van der Waals surface area contributed by atoms with Crippen molar-refractivity contribution in [2.45, 2.75) is 13.1 Å². The topological polar surface area (TPSA) is 97.1 Å². The number of nitrogens with zero attached hydrogens (tertiary/aromatic N) is 5. The number of hydrogen-bond acceptors (Lipinski definition) is 7. The van der Waals surface area contributed by atoms with Gasteiger partial charge in [-0.1, -0.05) is 66.7 Å². The van der Waals surface area contributed by atoms with Gasteiger partial charge >= 0.3 is 5.69 Å². The van der Waals surface area contributed by atoms with Crippen LogP contribution < -0.4 is 10.2 Å². The average Bonchev–Trinajstić information content (AvgIpc) is 2.80. The molecule has 2 heterocycles. The second-order valence-electron chi connectivity index (χ2n) is 6.82. The average molecular weight is 412 g/mol. The first-order chi connectivity index (χ1) is 15.2. The smallest absolute Gasteiger partial charge is 0.342 e. The van der Waals surface area contributed by atoms with E-state index < -0.39 is 4.92 Å². The first-order valence-corrected chi connectivity index (χ1v) is 9.71. The molecule has 0 saturated carbocycles. The number of nitro groups is 1. The van der Waals surface area contributed by atoms with Gasteiger partial charge in [-0.05, 0) is 23.3 Å². The van der Waals surface area contributed by atoms with Crippen molar-refractivity contribution >= 4 is 23.1 Å². The van der Waals surface area contributed by atoms with Crippen molar-refractivity contribution in [2.75, 3.05) is 10.2 Å². The van der Waals surface area contributed by atoms with Crippen LogP contribution in [0.5, 0.6) is 0 Å². The van der Waals surface area contributed by atoms with Gasteiger partial charge in [0, 0.05) is 19.3 Å². The molecule has 4 aromatic rings. The minimum absolute atomic E-state index is 0.0971. The Bertz CT molecular complexity index is 1100. The Morgan fingerprint density at radius 1 is 0.806 bits per heavy atom. The lowest BCUT2D eigenvalue weighted by Gasteiger charge is -2.24. The van der Waals surface area contributed by atoms with Crippen LogP contribution in [0.4, 0.5) is 23.1 Å². The van der Waals surface area contributed by atoms with Crippen LogP contribution in [-0.4, -0.2) is 19.9 Å². The molecule has 0 aliphatic heterocycles. The normalized spacial score (nSPS) is 10.5. The van der Waals surface area contributed by atoms with Gasteiger partial charge in [-0.3, -0.25) is 10.1 Å². The molecule has 0 fully saturated rings. The fourth-order valence-corrected chi connectivity index (χ4v) is 3.23. The molecule has 0 amide bonds. The van der Waals surface area contributed by atoms with Gasteiger partial charge in [-0.15, -0.1) is 0 Å². The van der Waals surface area contributed by atoms with Crippen LogP contribution in [0.15, 0.2) is 91.4 Å². The molecule has 154 valence electrons. The third-order valence-corrected chi connectivity index (χ3v) is 4.63. The van der Waals surface area contributed by atoms with Crippen LogP contribution in [0.2, 0.25) is 0 Å². The lowest BCUT2D eigenvalue weighted by atomic mass is 10.1. The molecule has 0 bridgehead atoms. The van der Waals surface area contributed by atoms with Gasteiger partial charge in [-0.2, -0.15) is 0 Å². The van der Waals surface area contributed by atoms with Crippen LogP contribution in [0.1, 0.15) is 11.1 Å². The van der Waals surface area contributed by atoms with E-state index in [4.69, 9.17) is 0 Å². The fraction of sp³-hybridized carbons (Fsp3) is 0.0870. The molecule has 0 aliphatic rings. The van der Waals surface area contributed by atoms with Gasteiger partial charge in [0.05, 0.1) is 4.92 Å². The molecule has 1 N–H and O–H groups in total. The summed E-state index contributed by atoms with van der Waals surface area (Å²) >= 11 is 0. The predicted octanol–water partition coefficient (Wildman–Crippen LogP) is 4.73. The Morgan fingerprint density at radius 3 is 1.97 bits per heavy atom. The van der Waals surface area contributed by atoms with Gasteiger partial charge < -0.3 is 10.2 Å². The van der Waals surface area contributed by atoms with E-state index in [1.807, 2.05) is 65.6 Å². The van der Waals surface area contributed by atoms with Crippen LogP contribution >= 0.6 is 0 Å². The Labute approximate surface area is 179 Å². The largest absolute Gasteiger partial charge is 0.353 e. The van der Waals surface area contributed by atoms with Crippen molar-refractivity contribution in [3.05, 3.63) is 113 Å². The molecule has 4 rings (SSSR count). The summed E-state index contributed by atoms with van der Waals surface area (Å²) in [6.45, 7) is 0.910. The summed E-state index contributed by atoms with van der Waals surface area (Å²) in [5.41, 5.74) is 1.84. The highest BCUT2D eigenvalue weighted by molar-refractivity contribution is 5.73. The van der Waals surface area contributed by atoms with Gasteiger partial charge in [0.15, 0.2) is 0 Å². The number of anilines is 3. The Kier molecular flexibility index (Phi) is 6.08. The standard InChI is InChI=1S/C23H20N6O2/c30-29(31)21-22(27-20-13-7-8-14-24-20)25-17-26-23(21)28(15-18-9-3-1-4-10-18)16-19-11-5-2-6-12-19/h1-14,17H,15-16H2,(H,24,25,26,27). The lowest BCUT2D eigenvalue weighted by molar-refractivity contribution is -0.383. The summed E-state index contributed by atoms with van der Waals surface area (Å²) < 4.78 is 0. The highest BCUT2D eigenvalue weighted by Crippen LogP contribution is 2.34. The Balaban J connectivity index is 1.75. The van der Waals surface area contributed by atoms with Crippen molar-refractivity contribution in [1.82, 2.24) is 15.0 Å². The number of benzene rings is 2. The third kappa shape index (κ3) is 4.99. The molecule has 8 nitrogen and oxygen atoms in total. The van der Waals surface area contributed by atoms with Gasteiger partial charge in [0.2, 0.25) is 11.6 Å². The van der Waals surface area contributed by atoms with E-state index in [1.54, 1.807) is 24.4 Å². The zero-order valence-electron chi connectivity index (χ0n) is 16.6. The molecule has 0 aliphatic carbocycles. The highest BCUT2D eigenvalue weighted by atomic mass is 16.6. The first kappa shape index (κ1) is 20.0. The summed E-state index contributed by atoms with van der Waals surface area (Å²) in [5.74, 6) is 0.805. The second kappa shape index (κ2) is 9.45. The highest BCUT2D eigenvalue weighted by Gasteiger charge is 2.27. The minimum Gasteiger partial charge on any atom is -0.342 e. The summed E-state index contributed by atoms with van der Waals surface area (Å²) in [6.07, 6.45) is 2.93. The number of nitrogens with one attached hydrogen (secondary N) is 1. The van der Waals surface area contributed by atoms with Crippen LogP contribution in [0, 0.1) is 10.1 Å². The molecule has 0 saturated heterocycles. The van der Waals surface area contributed by atoms with Crippen LogP contribution in [0.25, 0.3) is 0 Å². The quantitative estimate of drug-likeness (QED) is 0.330. The zero-order chi connectivity index (χ0) is 21.5. The predicted molar refractivity (Wildman–Crippen MR) is 119 cm³/mol. The van der Waals surface area contributed by atoms with Crippen molar-refractivity contribution in [1.29, 1.82) is 0 Å². The van der Waals surface area contributed by atoms with E-state index >= 15 is 0 Å². The monoisotopic (exact) mass is 412 g/mol. The van der Waals surface area contributed by atoms with Gasteiger partial charge in [0.25, 0.3) is 0 Å². The van der Waals surface area contributed by atoms with E-state index in [1.165, 1.54) is 6.33 Å². The number of hydrogen-bond donors (Lipinski definition) is 1. The molecule has 2 aromatic carbocycles. The molecular formula is C23H20N6O2. The van der Waals surface area contributed by atoms with Crippen molar-refractivity contribution in [3.63, 3.8) is 0 Å². The maximum Gasteiger partial charge on any atom is 0.353 e. The van der Waals surface area contributed by atoms with Gasteiger partial charge in [0.1, 0.15) is 12.1 Å². The minimum atomic E-state index is -0.455. The van der Waals surface area contributed by atoms with E-state index in [2.05, 4.69) is 20.3 Å². The maximum absolute atomic E-state index is 12.1. The Hall–Kier alpha value is -4.33. The van der Waals surface area contributed by atoms with E-state index in [-0.39, 0.29) is 17.3 Å².